The highest BCUT2D eigenvalue weighted by atomic mass is 16.5. The predicted octanol–water partition coefficient (Wildman–Crippen LogP) is 1.12. The topological polar surface area (TPSA) is 76.1 Å². The third-order valence-corrected chi connectivity index (χ3v) is 2.17. The summed E-state index contributed by atoms with van der Waals surface area (Å²) >= 11 is 0. The van der Waals surface area contributed by atoms with Crippen LogP contribution in [-0.4, -0.2) is 35.1 Å². The number of hydrogen-bond donors (Lipinski definition) is 2. The van der Waals surface area contributed by atoms with E-state index in [4.69, 9.17) is 4.74 Å². The van der Waals surface area contributed by atoms with Crippen LogP contribution in [0.3, 0.4) is 0 Å². The number of nitrogens with zero attached hydrogens (tertiary/aromatic N) is 2. The molecular formula is C12H20N4O2. The van der Waals surface area contributed by atoms with Gasteiger partial charge in [-0.2, -0.15) is 4.98 Å². The summed E-state index contributed by atoms with van der Waals surface area (Å²) in [6.45, 7) is 7.45. The van der Waals surface area contributed by atoms with Crippen LogP contribution in [0.1, 0.15) is 26.5 Å². The van der Waals surface area contributed by atoms with Gasteiger partial charge in [0.05, 0.1) is 6.10 Å². The Morgan fingerprint density at radius 3 is 2.56 bits per heavy atom. The number of carbonyl (C=O) groups is 1. The third-order valence-electron chi connectivity index (χ3n) is 2.17. The lowest BCUT2D eigenvalue weighted by molar-refractivity contribution is -0.121. The van der Waals surface area contributed by atoms with Crippen LogP contribution in [-0.2, 0) is 4.79 Å². The van der Waals surface area contributed by atoms with Gasteiger partial charge in [-0.1, -0.05) is 0 Å². The number of carbonyl (C=O) groups excluding carboxylic acids is 1. The fourth-order valence-electron chi connectivity index (χ4n) is 1.38. The zero-order chi connectivity index (χ0) is 13.7. The van der Waals surface area contributed by atoms with Crippen molar-refractivity contribution in [2.24, 2.45) is 0 Å². The number of amides is 1. The Morgan fingerprint density at radius 2 is 2.00 bits per heavy atom. The number of likely N-dealkylation sites (N-methyl/N-ethyl adjacent to an activating group) is 1. The summed E-state index contributed by atoms with van der Waals surface area (Å²) in [5.41, 5.74) is 0.784. The van der Waals surface area contributed by atoms with Crippen LogP contribution in [0.2, 0.25) is 0 Å². The predicted molar refractivity (Wildman–Crippen MR) is 69.7 cm³/mol. The minimum Gasteiger partial charge on any atom is -0.475 e. The van der Waals surface area contributed by atoms with E-state index in [1.54, 1.807) is 20.0 Å². The monoisotopic (exact) mass is 252 g/mol. The van der Waals surface area contributed by atoms with E-state index < -0.39 is 6.04 Å². The van der Waals surface area contributed by atoms with Crippen LogP contribution in [0.15, 0.2) is 6.07 Å². The first kappa shape index (κ1) is 14.2. The van der Waals surface area contributed by atoms with Crippen molar-refractivity contribution in [2.75, 3.05) is 12.4 Å². The summed E-state index contributed by atoms with van der Waals surface area (Å²) in [5.74, 6) is 0.775. The van der Waals surface area contributed by atoms with Crippen LogP contribution < -0.4 is 15.4 Å². The molecule has 1 aromatic rings. The van der Waals surface area contributed by atoms with E-state index in [1.165, 1.54) is 0 Å². The second-order valence-electron chi connectivity index (χ2n) is 4.32. The molecule has 1 unspecified atom stereocenters. The average molecular weight is 252 g/mol. The molecule has 6 heteroatoms. The summed E-state index contributed by atoms with van der Waals surface area (Å²) in [6, 6.07) is 1.36. The normalized spacial score (nSPS) is 12.1. The minimum atomic E-state index is -0.399. The molecule has 0 saturated heterocycles. The van der Waals surface area contributed by atoms with E-state index in [1.807, 2.05) is 20.8 Å². The highest BCUT2D eigenvalue weighted by molar-refractivity contribution is 5.83. The van der Waals surface area contributed by atoms with E-state index in [-0.39, 0.29) is 12.0 Å². The van der Waals surface area contributed by atoms with Crippen molar-refractivity contribution < 1.29 is 9.53 Å². The molecule has 0 spiro atoms. The largest absolute Gasteiger partial charge is 0.475 e. The van der Waals surface area contributed by atoms with Crippen LogP contribution >= 0.6 is 0 Å². The molecule has 18 heavy (non-hydrogen) atoms. The van der Waals surface area contributed by atoms with Crippen molar-refractivity contribution in [1.82, 2.24) is 15.3 Å². The van der Waals surface area contributed by atoms with Crippen LogP contribution in [0.5, 0.6) is 5.88 Å². The van der Waals surface area contributed by atoms with Gasteiger partial charge in [0.15, 0.2) is 0 Å². The molecule has 100 valence electrons. The van der Waals surface area contributed by atoms with Gasteiger partial charge in [0.1, 0.15) is 6.04 Å². The van der Waals surface area contributed by atoms with Gasteiger partial charge in [0, 0.05) is 18.8 Å². The molecular weight excluding hydrogens is 232 g/mol. The number of hydrogen-bond acceptors (Lipinski definition) is 5. The fraction of sp³-hybridized carbons (Fsp3) is 0.583. The summed E-state index contributed by atoms with van der Waals surface area (Å²) in [6.07, 6.45) is 0.0449. The molecule has 0 aromatic carbocycles. The maximum absolute atomic E-state index is 11.4. The van der Waals surface area contributed by atoms with Crippen molar-refractivity contribution in [1.29, 1.82) is 0 Å². The lowest BCUT2D eigenvalue weighted by Crippen LogP contribution is -2.35. The number of anilines is 1. The van der Waals surface area contributed by atoms with Gasteiger partial charge >= 0.3 is 0 Å². The second kappa shape index (κ2) is 6.18. The Balaban J connectivity index is 2.82. The molecule has 0 fully saturated rings. The molecule has 1 aromatic heterocycles. The maximum Gasteiger partial charge on any atom is 0.242 e. The van der Waals surface area contributed by atoms with Gasteiger partial charge in [0.2, 0.25) is 17.7 Å². The Labute approximate surface area is 107 Å². The standard InChI is InChI=1S/C12H20N4O2/c1-7(2)18-10-6-8(3)14-12(16-10)15-9(4)11(17)13-5/h6-7,9H,1-5H3,(H,13,17)(H,14,15,16). The quantitative estimate of drug-likeness (QED) is 0.821. The first-order chi connectivity index (χ1) is 8.42. The third kappa shape index (κ3) is 4.20. The zero-order valence-electron chi connectivity index (χ0n) is 11.4. The average Bonchev–Trinajstić information content (AvgIpc) is 2.25. The SMILES string of the molecule is CNC(=O)C(C)Nc1nc(C)cc(OC(C)C)n1. The molecule has 1 rings (SSSR count). The molecule has 0 saturated carbocycles. The van der Waals surface area contributed by atoms with Crippen molar-refractivity contribution in [3.05, 3.63) is 11.8 Å². The number of rotatable bonds is 5. The first-order valence-corrected chi connectivity index (χ1v) is 5.93. The highest BCUT2D eigenvalue weighted by Crippen LogP contribution is 2.14. The summed E-state index contributed by atoms with van der Waals surface area (Å²) in [5, 5.41) is 5.49. The highest BCUT2D eigenvalue weighted by Gasteiger charge is 2.13. The lowest BCUT2D eigenvalue weighted by Gasteiger charge is -2.14. The van der Waals surface area contributed by atoms with Gasteiger partial charge in [-0.05, 0) is 27.7 Å². The van der Waals surface area contributed by atoms with Gasteiger partial charge in [-0.3, -0.25) is 4.79 Å². The molecule has 0 radical (unpaired) electrons. The number of aromatic nitrogens is 2. The number of ether oxygens (including phenoxy) is 1. The number of nitrogens with one attached hydrogen (secondary N) is 2. The van der Waals surface area contributed by atoms with Crippen LogP contribution in [0.25, 0.3) is 0 Å². The summed E-state index contributed by atoms with van der Waals surface area (Å²) in [7, 11) is 1.59. The van der Waals surface area contributed by atoms with Crippen LogP contribution in [0.4, 0.5) is 5.95 Å². The van der Waals surface area contributed by atoms with Gasteiger partial charge in [-0.15, -0.1) is 0 Å². The molecule has 1 atom stereocenters. The molecule has 2 N–H and O–H groups in total. The van der Waals surface area contributed by atoms with Crippen molar-refractivity contribution in [3.63, 3.8) is 0 Å². The Bertz CT molecular complexity index is 421. The second-order valence-corrected chi connectivity index (χ2v) is 4.32. The van der Waals surface area contributed by atoms with Crippen LogP contribution in [0, 0.1) is 6.92 Å². The number of aryl methyl sites for hydroxylation is 1. The van der Waals surface area contributed by atoms with E-state index in [9.17, 15) is 4.79 Å². The van der Waals surface area contributed by atoms with E-state index in [0.717, 1.165) is 5.69 Å². The maximum atomic E-state index is 11.4. The first-order valence-electron chi connectivity index (χ1n) is 5.93. The van der Waals surface area contributed by atoms with Gasteiger partial charge in [0.25, 0.3) is 0 Å². The van der Waals surface area contributed by atoms with E-state index >= 15 is 0 Å². The van der Waals surface area contributed by atoms with Gasteiger partial charge < -0.3 is 15.4 Å². The summed E-state index contributed by atoms with van der Waals surface area (Å²) < 4.78 is 5.51. The Hall–Kier alpha value is -1.85. The molecule has 1 heterocycles. The molecule has 0 aliphatic heterocycles. The lowest BCUT2D eigenvalue weighted by atomic mass is 10.3. The minimum absolute atomic E-state index is 0.0449. The van der Waals surface area contributed by atoms with Crippen molar-refractivity contribution >= 4 is 11.9 Å². The van der Waals surface area contributed by atoms with Gasteiger partial charge in [-0.25, -0.2) is 4.98 Å². The molecule has 6 nitrogen and oxygen atoms in total. The fourth-order valence-corrected chi connectivity index (χ4v) is 1.38. The van der Waals surface area contributed by atoms with E-state index in [2.05, 4.69) is 20.6 Å². The van der Waals surface area contributed by atoms with Crippen molar-refractivity contribution in [2.45, 2.75) is 39.8 Å². The smallest absolute Gasteiger partial charge is 0.242 e. The molecule has 0 aliphatic carbocycles. The summed E-state index contributed by atoms with van der Waals surface area (Å²) in [4.78, 5) is 19.8. The van der Waals surface area contributed by atoms with E-state index in [0.29, 0.717) is 11.8 Å². The van der Waals surface area contributed by atoms with Crippen molar-refractivity contribution in [3.8, 4) is 5.88 Å². The zero-order valence-corrected chi connectivity index (χ0v) is 11.4. The molecule has 0 bridgehead atoms. The molecule has 0 aliphatic rings. The Kier molecular flexibility index (Phi) is 4.88. The molecule has 1 amide bonds. The Morgan fingerprint density at radius 1 is 1.33 bits per heavy atom.